The average molecular weight is 419 g/mol. The van der Waals surface area contributed by atoms with Crippen LogP contribution in [0.4, 0.5) is 0 Å². The number of hydrogen-bond donors (Lipinski definition) is 0. The van der Waals surface area contributed by atoms with Crippen LogP contribution in [0.2, 0.25) is 0 Å². The van der Waals surface area contributed by atoms with Gasteiger partial charge in [-0.1, -0.05) is 74.4 Å². The lowest BCUT2D eigenvalue weighted by Crippen LogP contribution is -2.13. The summed E-state index contributed by atoms with van der Waals surface area (Å²) in [5.74, 6) is 2.43. The Bertz CT molecular complexity index is 824. The number of rotatable bonds is 9. The molecule has 1 aliphatic carbocycles. The second-order valence-electron chi connectivity index (χ2n) is 8.36. The fourth-order valence-electron chi connectivity index (χ4n) is 4.33. The van der Waals surface area contributed by atoms with E-state index < -0.39 is 0 Å². The molecule has 1 fully saturated rings. The van der Waals surface area contributed by atoms with E-state index >= 15 is 0 Å². The maximum absolute atomic E-state index is 5.92. The van der Waals surface area contributed by atoms with Crippen LogP contribution in [0.3, 0.4) is 0 Å². The number of benzene rings is 2. The van der Waals surface area contributed by atoms with Crippen molar-refractivity contribution >= 4 is 23.3 Å². The summed E-state index contributed by atoms with van der Waals surface area (Å²) >= 11 is 5.53. The normalized spacial score (nSPS) is 19.0. The van der Waals surface area contributed by atoms with Crippen LogP contribution in [0.5, 0.6) is 5.75 Å². The van der Waals surface area contributed by atoms with Gasteiger partial charge in [0.25, 0.3) is 0 Å². The van der Waals surface area contributed by atoms with Gasteiger partial charge in [0.1, 0.15) is 5.75 Å². The van der Waals surface area contributed by atoms with Gasteiger partial charge in [0.15, 0.2) is 5.05 Å². The number of hydrogen-bond acceptors (Lipinski definition) is 2. The first-order valence-corrected chi connectivity index (χ1v) is 11.8. The Morgan fingerprint density at radius 3 is 2.33 bits per heavy atom. The summed E-state index contributed by atoms with van der Waals surface area (Å²) in [5.41, 5.74) is 3.58. The third-order valence-electron chi connectivity index (χ3n) is 6.10. The van der Waals surface area contributed by atoms with E-state index in [1.807, 2.05) is 18.2 Å². The number of allylic oxidation sites excluding steroid dienone is 2. The average Bonchev–Trinajstić information content (AvgIpc) is 2.79. The van der Waals surface area contributed by atoms with Crippen molar-refractivity contribution < 1.29 is 4.74 Å². The van der Waals surface area contributed by atoms with E-state index in [1.165, 1.54) is 44.1 Å². The summed E-state index contributed by atoms with van der Waals surface area (Å²) in [5, 5.41) is 0.530. The van der Waals surface area contributed by atoms with Gasteiger partial charge in [-0.05, 0) is 85.8 Å². The van der Waals surface area contributed by atoms with Gasteiger partial charge >= 0.3 is 0 Å². The van der Waals surface area contributed by atoms with Crippen LogP contribution in [0.1, 0.15) is 80.9 Å². The van der Waals surface area contributed by atoms with Crippen LogP contribution in [0, 0.1) is 5.92 Å². The Morgan fingerprint density at radius 1 is 1.00 bits per heavy atom. The predicted molar refractivity (Wildman–Crippen MR) is 133 cm³/mol. The molecule has 0 atom stereocenters. The SMILES string of the molecule is C=CCCC=Cc1ccc(OC(=S)c2ccc(C3CCC(CCC)CC3)cc2)cc1. The maximum Gasteiger partial charge on any atom is 0.198 e. The van der Waals surface area contributed by atoms with E-state index in [0.29, 0.717) is 11.0 Å². The Hall–Kier alpha value is -2.19. The van der Waals surface area contributed by atoms with Gasteiger partial charge < -0.3 is 4.74 Å². The van der Waals surface area contributed by atoms with Crippen molar-refractivity contribution in [1.29, 1.82) is 0 Å². The molecule has 2 heteroatoms. The molecule has 2 aromatic carbocycles. The highest BCUT2D eigenvalue weighted by atomic mass is 32.1. The molecule has 0 heterocycles. The number of thiocarbonyl (C=S) groups is 1. The van der Waals surface area contributed by atoms with E-state index in [4.69, 9.17) is 17.0 Å². The lowest BCUT2D eigenvalue weighted by molar-refractivity contribution is 0.308. The fraction of sp³-hybridized carbons (Fsp3) is 0.393. The fourth-order valence-corrected chi connectivity index (χ4v) is 4.56. The van der Waals surface area contributed by atoms with Gasteiger partial charge in [0.05, 0.1) is 0 Å². The molecule has 1 nitrogen and oxygen atoms in total. The van der Waals surface area contributed by atoms with Crippen molar-refractivity contribution in [3.8, 4) is 5.75 Å². The standard InChI is InChI=1S/C28H34OS/c1-3-5-6-7-9-23-12-20-27(21-13-23)29-28(30)26-18-16-25(17-19-26)24-14-10-22(8-4-2)11-15-24/h3,7,9,12-13,16-22,24H,1,4-6,8,10-11,14-15H2,2H3. The summed E-state index contributed by atoms with van der Waals surface area (Å²) < 4.78 is 5.92. The van der Waals surface area contributed by atoms with Gasteiger partial charge in [-0.3, -0.25) is 0 Å². The third kappa shape index (κ3) is 6.67. The van der Waals surface area contributed by atoms with Crippen LogP contribution in [-0.2, 0) is 0 Å². The van der Waals surface area contributed by atoms with Gasteiger partial charge in [-0.25, -0.2) is 0 Å². The highest BCUT2D eigenvalue weighted by Crippen LogP contribution is 2.37. The molecular formula is C28H34OS. The molecule has 30 heavy (non-hydrogen) atoms. The zero-order valence-electron chi connectivity index (χ0n) is 18.2. The van der Waals surface area contributed by atoms with Crippen molar-refractivity contribution in [3.05, 3.63) is 84.0 Å². The molecule has 0 bridgehead atoms. The Kier molecular flexibility index (Phi) is 8.89. The smallest absolute Gasteiger partial charge is 0.198 e. The highest BCUT2D eigenvalue weighted by molar-refractivity contribution is 7.80. The Morgan fingerprint density at radius 2 is 1.70 bits per heavy atom. The van der Waals surface area contributed by atoms with Crippen molar-refractivity contribution in [3.63, 3.8) is 0 Å². The molecule has 0 aliphatic heterocycles. The molecule has 3 rings (SSSR count). The van der Waals surface area contributed by atoms with Gasteiger partial charge in [-0.15, -0.1) is 6.58 Å². The predicted octanol–water partition coefficient (Wildman–Crippen LogP) is 8.49. The molecular weight excluding hydrogens is 384 g/mol. The summed E-state index contributed by atoms with van der Waals surface area (Å²) in [4.78, 5) is 0. The second-order valence-corrected chi connectivity index (χ2v) is 8.73. The molecule has 1 saturated carbocycles. The van der Waals surface area contributed by atoms with Crippen LogP contribution < -0.4 is 4.74 Å². The quantitative estimate of drug-likeness (QED) is 0.229. The summed E-state index contributed by atoms with van der Waals surface area (Å²) in [7, 11) is 0. The first-order chi connectivity index (χ1) is 14.7. The summed E-state index contributed by atoms with van der Waals surface area (Å²) in [6, 6.07) is 16.8. The zero-order valence-corrected chi connectivity index (χ0v) is 19.0. The van der Waals surface area contributed by atoms with Crippen LogP contribution in [-0.4, -0.2) is 5.05 Å². The molecule has 0 N–H and O–H groups in total. The molecule has 0 aromatic heterocycles. The lowest BCUT2D eigenvalue weighted by Gasteiger charge is -2.28. The van der Waals surface area contributed by atoms with Gasteiger partial charge in [0, 0.05) is 5.56 Å². The molecule has 0 unspecified atom stereocenters. The molecule has 0 radical (unpaired) electrons. The van der Waals surface area contributed by atoms with Crippen molar-refractivity contribution in [2.24, 2.45) is 5.92 Å². The molecule has 0 saturated heterocycles. The molecule has 158 valence electrons. The second kappa shape index (κ2) is 11.9. The topological polar surface area (TPSA) is 9.23 Å². The van der Waals surface area contributed by atoms with E-state index in [9.17, 15) is 0 Å². The molecule has 0 amide bonds. The first-order valence-electron chi connectivity index (χ1n) is 11.4. The highest BCUT2D eigenvalue weighted by Gasteiger charge is 2.21. The monoisotopic (exact) mass is 418 g/mol. The Balaban J connectivity index is 1.52. The van der Waals surface area contributed by atoms with Crippen molar-refractivity contribution in [2.45, 2.75) is 64.2 Å². The summed E-state index contributed by atoms with van der Waals surface area (Å²) in [6.45, 7) is 6.04. The van der Waals surface area contributed by atoms with E-state index in [1.54, 1.807) is 0 Å². The zero-order chi connectivity index (χ0) is 21.2. The van der Waals surface area contributed by atoms with Crippen LogP contribution in [0.25, 0.3) is 6.08 Å². The van der Waals surface area contributed by atoms with Crippen molar-refractivity contribution in [2.75, 3.05) is 0 Å². The number of ether oxygens (including phenoxy) is 1. The van der Waals surface area contributed by atoms with E-state index in [0.717, 1.165) is 35.6 Å². The third-order valence-corrected chi connectivity index (χ3v) is 6.42. The van der Waals surface area contributed by atoms with Gasteiger partial charge in [0.2, 0.25) is 0 Å². The minimum atomic E-state index is 0.530. The summed E-state index contributed by atoms with van der Waals surface area (Å²) in [6.07, 6.45) is 16.3. The van der Waals surface area contributed by atoms with Crippen molar-refractivity contribution in [1.82, 2.24) is 0 Å². The molecule has 2 aromatic rings. The maximum atomic E-state index is 5.92. The molecule has 0 spiro atoms. The van der Waals surface area contributed by atoms with Crippen LogP contribution in [0.15, 0.2) is 67.3 Å². The number of unbranched alkanes of at least 4 members (excludes halogenated alkanes) is 1. The van der Waals surface area contributed by atoms with Crippen LogP contribution >= 0.6 is 12.2 Å². The lowest BCUT2D eigenvalue weighted by atomic mass is 9.77. The van der Waals surface area contributed by atoms with Gasteiger partial charge in [-0.2, -0.15) is 0 Å². The minimum absolute atomic E-state index is 0.530. The minimum Gasteiger partial charge on any atom is -0.445 e. The molecule has 1 aliphatic rings. The van der Waals surface area contributed by atoms with E-state index in [-0.39, 0.29) is 0 Å². The first kappa shape index (κ1) is 22.5. The Labute approximate surface area is 187 Å². The largest absolute Gasteiger partial charge is 0.445 e. The van der Waals surface area contributed by atoms with E-state index in [2.05, 4.69) is 62.1 Å².